The largest absolute Gasteiger partial charge is 0.333 e. The standard InChI is InChI=1S/C20H35N3O2/c1-14-15(2)22(18(3,4)5)17(25)23(16(14)24)20(8,9)21-12-10-19(6,7)11-13-21/h10-13H2,1-9H3. The van der Waals surface area contributed by atoms with E-state index < -0.39 is 5.66 Å². The first-order valence-electron chi connectivity index (χ1n) is 9.31. The second-order valence-corrected chi connectivity index (χ2v) is 9.79. The van der Waals surface area contributed by atoms with Gasteiger partial charge in [0.05, 0.1) is 0 Å². The summed E-state index contributed by atoms with van der Waals surface area (Å²) in [7, 11) is 0. The topological polar surface area (TPSA) is 47.2 Å². The summed E-state index contributed by atoms with van der Waals surface area (Å²) in [6.07, 6.45) is 2.15. The molecule has 0 unspecified atom stereocenters. The Hall–Kier alpha value is -1.36. The molecule has 0 amide bonds. The summed E-state index contributed by atoms with van der Waals surface area (Å²) in [5.74, 6) is 0. The average Bonchev–Trinajstić information content (AvgIpc) is 2.42. The Morgan fingerprint density at radius 2 is 1.36 bits per heavy atom. The van der Waals surface area contributed by atoms with Crippen molar-refractivity contribution in [2.75, 3.05) is 13.1 Å². The number of hydrogen-bond donors (Lipinski definition) is 0. The van der Waals surface area contributed by atoms with Gasteiger partial charge in [0, 0.05) is 29.9 Å². The van der Waals surface area contributed by atoms with Crippen LogP contribution in [0, 0.1) is 19.3 Å². The Balaban J connectivity index is 2.65. The minimum atomic E-state index is -0.643. The summed E-state index contributed by atoms with van der Waals surface area (Å²) < 4.78 is 3.23. The highest BCUT2D eigenvalue weighted by atomic mass is 16.2. The Bertz CT molecular complexity index is 766. The van der Waals surface area contributed by atoms with Gasteiger partial charge >= 0.3 is 5.69 Å². The van der Waals surface area contributed by atoms with E-state index in [0.29, 0.717) is 11.0 Å². The maximum absolute atomic E-state index is 13.3. The molecule has 1 aromatic heterocycles. The third kappa shape index (κ3) is 3.48. The molecule has 0 N–H and O–H groups in total. The fourth-order valence-electron chi connectivity index (χ4n) is 3.89. The van der Waals surface area contributed by atoms with Crippen molar-refractivity contribution < 1.29 is 0 Å². The molecule has 25 heavy (non-hydrogen) atoms. The zero-order valence-electron chi connectivity index (χ0n) is 17.5. The number of likely N-dealkylation sites (tertiary alicyclic amines) is 1. The Morgan fingerprint density at radius 3 is 1.80 bits per heavy atom. The molecule has 0 atom stereocenters. The monoisotopic (exact) mass is 349 g/mol. The first-order valence-corrected chi connectivity index (χ1v) is 9.31. The molecular weight excluding hydrogens is 314 g/mol. The first-order chi connectivity index (χ1) is 11.2. The lowest BCUT2D eigenvalue weighted by Gasteiger charge is -2.46. The van der Waals surface area contributed by atoms with Crippen molar-refractivity contribution in [1.29, 1.82) is 0 Å². The van der Waals surface area contributed by atoms with Crippen LogP contribution in [0.15, 0.2) is 9.59 Å². The maximum Gasteiger partial charge on any atom is 0.333 e. The van der Waals surface area contributed by atoms with Crippen molar-refractivity contribution in [3.05, 3.63) is 32.1 Å². The Labute approximate surface area is 151 Å². The van der Waals surface area contributed by atoms with Gasteiger partial charge in [0.1, 0.15) is 5.66 Å². The highest BCUT2D eigenvalue weighted by Crippen LogP contribution is 2.33. The lowest BCUT2D eigenvalue weighted by molar-refractivity contribution is -0.00502. The van der Waals surface area contributed by atoms with Gasteiger partial charge in [-0.3, -0.25) is 14.3 Å². The molecular formula is C20H35N3O2. The Kier molecular flexibility index (Phi) is 4.88. The van der Waals surface area contributed by atoms with Crippen LogP contribution in [-0.4, -0.2) is 27.1 Å². The van der Waals surface area contributed by atoms with Gasteiger partial charge in [-0.2, -0.15) is 0 Å². The van der Waals surface area contributed by atoms with Gasteiger partial charge in [-0.25, -0.2) is 9.36 Å². The van der Waals surface area contributed by atoms with Crippen LogP contribution in [0.2, 0.25) is 0 Å². The van der Waals surface area contributed by atoms with E-state index in [1.54, 1.807) is 4.57 Å². The molecule has 2 rings (SSSR count). The number of aromatic nitrogens is 2. The molecule has 0 spiro atoms. The van der Waals surface area contributed by atoms with Crippen molar-refractivity contribution in [3.8, 4) is 0 Å². The molecule has 1 saturated heterocycles. The summed E-state index contributed by atoms with van der Waals surface area (Å²) in [4.78, 5) is 28.6. The third-order valence-electron chi connectivity index (χ3n) is 5.89. The fourth-order valence-corrected chi connectivity index (χ4v) is 3.89. The van der Waals surface area contributed by atoms with Gasteiger partial charge in [0.25, 0.3) is 5.56 Å². The van der Waals surface area contributed by atoms with Gasteiger partial charge in [0.2, 0.25) is 0 Å². The molecule has 5 heteroatoms. The summed E-state index contributed by atoms with van der Waals surface area (Å²) >= 11 is 0. The van der Waals surface area contributed by atoms with Crippen LogP contribution < -0.4 is 11.2 Å². The molecule has 5 nitrogen and oxygen atoms in total. The maximum atomic E-state index is 13.3. The highest BCUT2D eigenvalue weighted by Gasteiger charge is 2.38. The van der Waals surface area contributed by atoms with Crippen molar-refractivity contribution >= 4 is 0 Å². The second kappa shape index (κ2) is 6.11. The minimum absolute atomic E-state index is 0.169. The van der Waals surface area contributed by atoms with E-state index in [9.17, 15) is 9.59 Å². The SMILES string of the molecule is Cc1c(C)n(C(C)(C)C)c(=O)n(C(C)(C)N2CCC(C)(C)CC2)c1=O. The molecule has 2 heterocycles. The average molecular weight is 350 g/mol. The van der Waals surface area contributed by atoms with Crippen LogP contribution >= 0.6 is 0 Å². The van der Waals surface area contributed by atoms with E-state index in [4.69, 9.17) is 0 Å². The molecule has 0 bridgehead atoms. The molecule has 1 fully saturated rings. The fraction of sp³-hybridized carbons (Fsp3) is 0.800. The van der Waals surface area contributed by atoms with E-state index in [1.165, 1.54) is 4.57 Å². The minimum Gasteiger partial charge on any atom is -0.292 e. The molecule has 1 aliphatic heterocycles. The van der Waals surface area contributed by atoms with Crippen LogP contribution in [0.25, 0.3) is 0 Å². The quantitative estimate of drug-likeness (QED) is 0.824. The smallest absolute Gasteiger partial charge is 0.292 e. The van der Waals surface area contributed by atoms with E-state index in [1.807, 2.05) is 48.5 Å². The molecule has 1 aromatic rings. The summed E-state index contributed by atoms with van der Waals surface area (Å²) in [5.41, 5.74) is 0.339. The van der Waals surface area contributed by atoms with Gasteiger partial charge in [-0.05, 0) is 66.7 Å². The van der Waals surface area contributed by atoms with E-state index >= 15 is 0 Å². The zero-order chi connectivity index (χ0) is 19.4. The van der Waals surface area contributed by atoms with Gasteiger partial charge < -0.3 is 0 Å². The van der Waals surface area contributed by atoms with Gasteiger partial charge in [-0.15, -0.1) is 0 Å². The van der Waals surface area contributed by atoms with E-state index in [2.05, 4.69) is 18.7 Å². The number of hydrogen-bond acceptors (Lipinski definition) is 3. The third-order valence-corrected chi connectivity index (χ3v) is 5.89. The number of piperidine rings is 1. The van der Waals surface area contributed by atoms with Crippen LogP contribution in [-0.2, 0) is 11.2 Å². The van der Waals surface area contributed by atoms with Crippen molar-refractivity contribution in [2.45, 2.75) is 86.4 Å². The molecule has 1 aliphatic rings. The normalized spacial score (nSPS) is 19.2. The molecule has 142 valence electrons. The summed E-state index contributed by atoms with van der Waals surface area (Å²) in [6.45, 7) is 20.1. The predicted molar refractivity (Wildman–Crippen MR) is 103 cm³/mol. The Morgan fingerprint density at radius 1 is 0.880 bits per heavy atom. The lowest BCUT2D eigenvalue weighted by atomic mass is 9.82. The first kappa shape index (κ1) is 20.0. The summed E-state index contributed by atoms with van der Waals surface area (Å²) in [5, 5.41) is 0. The number of nitrogens with zero attached hydrogens (tertiary/aromatic N) is 3. The molecule has 0 radical (unpaired) electrons. The van der Waals surface area contributed by atoms with Crippen LogP contribution in [0.3, 0.4) is 0 Å². The lowest BCUT2D eigenvalue weighted by Crippen LogP contribution is -2.60. The van der Waals surface area contributed by atoms with Crippen molar-refractivity contribution in [3.63, 3.8) is 0 Å². The molecule has 0 saturated carbocycles. The van der Waals surface area contributed by atoms with Gasteiger partial charge in [-0.1, -0.05) is 13.8 Å². The van der Waals surface area contributed by atoms with E-state index in [-0.39, 0.29) is 16.8 Å². The second-order valence-electron chi connectivity index (χ2n) is 9.79. The van der Waals surface area contributed by atoms with Crippen molar-refractivity contribution in [1.82, 2.24) is 14.0 Å². The van der Waals surface area contributed by atoms with Crippen LogP contribution in [0.5, 0.6) is 0 Å². The molecule has 0 aromatic carbocycles. The number of rotatable bonds is 2. The van der Waals surface area contributed by atoms with Crippen molar-refractivity contribution in [2.24, 2.45) is 5.41 Å². The molecule has 0 aliphatic carbocycles. The highest BCUT2D eigenvalue weighted by molar-refractivity contribution is 5.17. The van der Waals surface area contributed by atoms with Crippen LogP contribution in [0.4, 0.5) is 0 Å². The van der Waals surface area contributed by atoms with Crippen LogP contribution in [0.1, 0.15) is 72.6 Å². The van der Waals surface area contributed by atoms with Gasteiger partial charge in [0.15, 0.2) is 0 Å². The predicted octanol–water partition coefficient (Wildman–Crippen LogP) is 3.20. The zero-order valence-corrected chi connectivity index (χ0v) is 17.5. The van der Waals surface area contributed by atoms with E-state index in [0.717, 1.165) is 31.6 Å². The summed E-state index contributed by atoms with van der Waals surface area (Å²) in [6, 6.07) is 0.